The summed E-state index contributed by atoms with van der Waals surface area (Å²) in [6, 6.07) is 12.3. The highest BCUT2D eigenvalue weighted by Gasteiger charge is 2.17. The SMILES string of the molecule is CCc1cc(C(NN)c2ccccc2)n(CC)n1. The fraction of sp³-hybridized carbons (Fsp3) is 0.357. The van der Waals surface area contributed by atoms with Gasteiger partial charge in [-0.25, -0.2) is 5.43 Å². The first kappa shape index (κ1) is 12.8. The summed E-state index contributed by atoms with van der Waals surface area (Å²) in [5, 5.41) is 4.56. The summed E-state index contributed by atoms with van der Waals surface area (Å²) >= 11 is 0. The van der Waals surface area contributed by atoms with E-state index in [1.165, 1.54) is 0 Å². The molecule has 2 rings (SSSR count). The number of hydrogen-bond donors (Lipinski definition) is 2. The average molecular weight is 244 g/mol. The Morgan fingerprint density at radius 1 is 1.28 bits per heavy atom. The van der Waals surface area contributed by atoms with E-state index in [1.54, 1.807) is 0 Å². The number of rotatable bonds is 5. The fourth-order valence-corrected chi connectivity index (χ4v) is 2.14. The molecule has 1 atom stereocenters. The van der Waals surface area contributed by atoms with Crippen LogP contribution < -0.4 is 11.3 Å². The van der Waals surface area contributed by atoms with Crippen LogP contribution in [-0.4, -0.2) is 9.78 Å². The number of nitrogens with zero attached hydrogens (tertiary/aromatic N) is 2. The van der Waals surface area contributed by atoms with Crippen molar-refractivity contribution in [3.63, 3.8) is 0 Å². The van der Waals surface area contributed by atoms with E-state index in [2.05, 4.69) is 42.6 Å². The van der Waals surface area contributed by atoms with Crippen LogP contribution in [0.4, 0.5) is 0 Å². The Labute approximate surface area is 108 Å². The molecule has 0 aliphatic rings. The molecule has 2 aromatic rings. The Morgan fingerprint density at radius 2 is 2.00 bits per heavy atom. The lowest BCUT2D eigenvalue weighted by molar-refractivity contribution is 0.541. The van der Waals surface area contributed by atoms with Crippen LogP contribution in [0.25, 0.3) is 0 Å². The second-order valence-corrected chi connectivity index (χ2v) is 4.24. The van der Waals surface area contributed by atoms with Crippen molar-refractivity contribution < 1.29 is 0 Å². The van der Waals surface area contributed by atoms with Crippen molar-refractivity contribution >= 4 is 0 Å². The number of benzene rings is 1. The number of hydrazine groups is 1. The molecule has 0 aliphatic carbocycles. The molecule has 0 radical (unpaired) electrons. The van der Waals surface area contributed by atoms with Gasteiger partial charge in [-0.3, -0.25) is 10.5 Å². The second-order valence-electron chi connectivity index (χ2n) is 4.24. The number of aromatic nitrogens is 2. The van der Waals surface area contributed by atoms with Crippen molar-refractivity contribution in [2.75, 3.05) is 0 Å². The molecule has 4 nitrogen and oxygen atoms in total. The van der Waals surface area contributed by atoms with E-state index in [-0.39, 0.29) is 6.04 Å². The number of nitrogens with one attached hydrogen (secondary N) is 1. The quantitative estimate of drug-likeness (QED) is 0.625. The molecule has 96 valence electrons. The van der Waals surface area contributed by atoms with Gasteiger partial charge in [-0.15, -0.1) is 0 Å². The third-order valence-corrected chi connectivity index (χ3v) is 3.12. The zero-order valence-corrected chi connectivity index (χ0v) is 10.9. The van der Waals surface area contributed by atoms with Gasteiger partial charge in [-0.05, 0) is 25.0 Å². The van der Waals surface area contributed by atoms with Gasteiger partial charge in [-0.1, -0.05) is 37.3 Å². The minimum atomic E-state index is -0.0149. The van der Waals surface area contributed by atoms with Crippen LogP contribution in [0.15, 0.2) is 36.4 Å². The highest BCUT2D eigenvalue weighted by atomic mass is 15.3. The van der Waals surface area contributed by atoms with Crippen molar-refractivity contribution in [2.24, 2.45) is 5.84 Å². The minimum Gasteiger partial charge on any atom is -0.271 e. The number of hydrogen-bond acceptors (Lipinski definition) is 3. The summed E-state index contributed by atoms with van der Waals surface area (Å²) in [6.45, 7) is 5.05. The summed E-state index contributed by atoms with van der Waals surface area (Å²) in [7, 11) is 0. The van der Waals surface area contributed by atoms with Crippen molar-refractivity contribution in [2.45, 2.75) is 32.9 Å². The van der Waals surface area contributed by atoms with Crippen LogP contribution in [0, 0.1) is 0 Å². The topological polar surface area (TPSA) is 55.9 Å². The largest absolute Gasteiger partial charge is 0.271 e. The summed E-state index contributed by atoms with van der Waals surface area (Å²) in [5.74, 6) is 5.72. The molecule has 0 spiro atoms. The van der Waals surface area contributed by atoms with Gasteiger partial charge in [0.2, 0.25) is 0 Å². The molecule has 18 heavy (non-hydrogen) atoms. The van der Waals surface area contributed by atoms with Crippen molar-refractivity contribution in [3.05, 3.63) is 53.3 Å². The molecule has 1 heterocycles. The van der Waals surface area contributed by atoms with Gasteiger partial charge in [0.1, 0.15) is 0 Å². The maximum atomic E-state index is 5.72. The van der Waals surface area contributed by atoms with Crippen LogP contribution in [0.3, 0.4) is 0 Å². The number of aryl methyl sites for hydroxylation is 2. The van der Waals surface area contributed by atoms with E-state index >= 15 is 0 Å². The second kappa shape index (κ2) is 5.80. The molecule has 3 N–H and O–H groups in total. The molecule has 1 aromatic carbocycles. The highest BCUT2D eigenvalue weighted by Crippen LogP contribution is 2.22. The molecule has 1 unspecified atom stereocenters. The predicted molar refractivity (Wildman–Crippen MR) is 72.9 cm³/mol. The molecule has 0 saturated heterocycles. The average Bonchev–Trinajstić information content (AvgIpc) is 2.84. The molecule has 0 fully saturated rings. The van der Waals surface area contributed by atoms with Gasteiger partial charge in [0, 0.05) is 6.54 Å². The lowest BCUT2D eigenvalue weighted by atomic mass is 10.0. The lowest BCUT2D eigenvalue weighted by Crippen LogP contribution is -2.30. The lowest BCUT2D eigenvalue weighted by Gasteiger charge is -2.17. The normalized spacial score (nSPS) is 12.6. The third-order valence-electron chi connectivity index (χ3n) is 3.12. The zero-order chi connectivity index (χ0) is 13.0. The third kappa shape index (κ3) is 2.44. The molecule has 0 amide bonds. The van der Waals surface area contributed by atoms with E-state index in [0.717, 1.165) is 29.9 Å². The molecule has 0 saturated carbocycles. The Hall–Kier alpha value is -1.65. The van der Waals surface area contributed by atoms with Crippen LogP contribution in [-0.2, 0) is 13.0 Å². The van der Waals surface area contributed by atoms with Crippen molar-refractivity contribution in [1.29, 1.82) is 0 Å². The first-order chi connectivity index (χ1) is 8.80. The Morgan fingerprint density at radius 3 is 2.56 bits per heavy atom. The van der Waals surface area contributed by atoms with E-state index in [0.29, 0.717) is 0 Å². The van der Waals surface area contributed by atoms with E-state index in [9.17, 15) is 0 Å². The summed E-state index contributed by atoms with van der Waals surface area (Å²) in [4.78, 5) is 0. The zero-order valence-electron chi connectivity index (χ0n) is 10.9. The monoisotopic (exact) mass is 244 g/mol. The van der Waals surface area contributed by atoms with E-state index in [1.807, 2.05) is 22.9 Å². The van der Waals surface area contributed by atoms with Crippen molar-refractivity contribution in [3.8, 4) is 0 Å². The van der Waals surface area contributed by atoms with E-state index in [4.69, 9.17) is 5.84 Å². The predicted octanol–water partition coefficient (Wildman–Crippen LogP) is 2.02. The summed E-state index contributed by atoms with van der Waals surface area (Å²) < 4.78 is 2.01. The smallest absolute Gasteiger partial charge is 0.0878 e. The molecule has 4 heteroatoms. The van der Waals surface area contributed by atoms with Crippen molar-refractivity contribution in [1.82, 2.24) is 15.2 Å². The van der Waals surface area contributed by atoms with Crippen LogP contribution in [0.5, 0.6) is 0 Å². The Balaban J connectivity index is 2.41. The fourth-order valence-electron chi connectivity index (χ4n) is 2.14. The van der Waals surface area contributed by atoms with Crippen LogP contribution in [0.1, 0.15) is 36.8 Å². The standard InChI is InChI=1S/C14H20N4/c1-3-12-10-13(18(4-2)17-12)14(16-15)11-8-6-5-7-9-11/h5-10,14,16H,3-4,15H2,1-2H3. The molecular formula is C14H20N4. The van der Waals surface area contributed by atoms with Gasteiger partial charge in [0.05, 0.1) is 17.4 Å². The van der Waals surface area contributed by atoms with Gasteiger partial charge in [0.25, 0.3) is 0 Å². The molecule has 0 aliphatic heterocycles. The molecular weight excluding hydrogens is 224 g/mol. The minimum absolute atomic E-state index is 0.0149. The number of nitrogens with two attached hydrogens (primary N) is 1. The van der Waals surface area contributed by atoms with Crippen LogP contribution >= 0.6 is 0 Å². The van der Waals surface area contributed by atoms with Gasteiger partial charge < -0.3 is 0 Å². The summed E-state index contributed by atoms with van der Waals surface area (Å²) in [6.07, 6.45) is 0.937. The molecule has 1 aromatic heterocycles. The maximum absolute atomic E-state index is 5.72. The van der Waals surface area contributed by atoms with Crippen LogP contribution in [0.2, 0.25) is 0 Å². The van der Waals surface area contributed by atoms with Gasteiger partial charge >= 0.3 is 0 Å². The van der Waals surface area contributed by atoms with Gasteiger partial charge in [-0.2, -0.15) is 5.10 Å². The molecule has 0 bridgehead atoms. The van der Waals surface area contributed by atoms with Gasteiger partial charge in [0.15, 0.2) is 0 Å². The van der Waals surface area contributed by atoms with E-state index < -0.39 is 0 Å². The summed E-state index contributed by atoms with van der Waals surface area (Å²) in [5.41, 5.74) is 6.25. The highest BCUT2D eigenvalue weighted by molar-refractivity contribution is 5.28. The Kier molecular flexibility index (Phi) is 4.12. The first-order valence-corrected chi connectivity index (χ1v) is 6.37. The maximum Gasteiger partial charge on any atom is 0.0878 e. The first-order valence-electron chi connectivity index (χ1n) is 6.37. The Bertz CT molecular complexity index is 490.